The van der Waals surface area contributed by atoms with E-state index in [1.165, 1.54) is 0 Å². The highest BCUT2D eigenvalue weighted by molar-refractivity contribution is 5.80. The smallest absolute Gasteiger partial charge is 0.401 e. The van der Waals surface area contributed by atoms with Gasteiger partial charge in [0.1, 0.15) is 0 Å². The van der Waals surface area contributed by atoms with Crippen molar-refractivity contribution >= 4 is 5.97 Å². The van der Waals surface area contributed by atoms with Gasteiger partial charge >= 0.3 is 18.3 Å². The van der Waals surface area contributed by atoms with Gasteiger partial charge in [-0.2, -0.15) is 26.3 Å². The van der Waals surface area contributed by atoms with Crippen molar-refractivity contribution in [3.05, 3.63) is 0 Å². The van der Waals surface area contributed by atoms with Gasteiger partial charge in [-0.3, -0.25) is 4.79 Å². The molecule has 8 heteroatoms. The Balaban J connectivity index is 3.30. The first-order valence-corrected chi connectivity index (χ1v) is 4.63. The molecule has 0 bridgehead atoms. The summed E-state index contributed by atoms with van der Waals surface area (Å²) in [6.45, 7) is 2.18. The summed E-state index contributed by atoms with van der Waals surface area (Å²) in [5.74, 6) is -5.88. The molecule has 17 heavy (non-hydrogen) atoms. The Morgan fingerprint density at radius 2 is 1.41 bits per heavy atom. The molecular weight excluding hydrogens is 254 g/mol. The maximum absolute atomic E-state index is 12.5. The molecule has 1 rings (SSSR count). The number of alkyl halides is 6. The first kappa shape index (κ1) is 14.1. The molecule has 1 N–H and O–H groups in total. The molecule has 0 radical (unpaired) electrons. The van der Waals surface area contributed by atoms with E-state index < -0.39 is 41.5 Å². The summed E-state index contributed by atoms with van der Waals surface area (Å²) >= 11 is 0. The lowest BCUT2D eigenvalue weighted by Crippen LogP contribution is -2.48. The predicted octanol–water partition coefficient (Wildman–Crippen LogP) is 3.23. The predicted molar refractivity (Wildman–Crippen MR) is 44.1 cm³/mol. The molecule has 0 spiro atoms. The van der Waals surface area contributed by atoms with Crippen LogP contribution in [0.1, 0.15) is 20.3 Å². The molecule has 0 amide bonds. The van der Waals surface area contributed by atoms with Gasteiger partial charge in [-0.15, -0.1) is 0 Å². The average molecular weight is 264 g/mol. The van der Waals surface area contributed by atoms with Crippen LogP contribution >= 0.6 is 0 Å². The third kappa shape index (κ3) is 1.97. The van der Waals surface area contributed by atoms with E-state index >= 15 is 0 Å². The highest BCUT2D eigenvalue weighted by Gasteiger charge is 2.81. The van der Waals surface area contributed by atoms with E-state index in [-0.39, 0.29) is 0 Å². The van der Waals surface area contributed by atoms with Gasteiger partial charge in [-0.05, 0) is 11.8 Å². The molecule has 1 fully saturated rings. The molecule has 0 aromatic carbocycles. The zero-order valence-corrected chi connectivity index (χ0v) is 8.91. The van der Waals surface area contributed by atoms with Crippen LogP contribution in [-0.2, 0) is 4.79 Å². The van der Waals surface area contributed by atoms with Crippen LogP contribution < -0.4 is 0 Å². The van der Waals surface area contributed by atoms with E-state index in [2.05, 4.69) is 0 Å². The minimum atomic E-state index is -5.62. The number of aliphatic carboxylic acids is 1. The Kier molecular flexibility index (Phi) is 2.73. The maximum atomic E-state index is 12.5. The number of halogens is 6. The fourth-order valence-corrected chi connectivity index (χ4v) is 2.38. The van der Waals surface area contributed by atoms with Crippen LogP contribution in [0.5, 0.6) is 0 Å². The summed E-state index contributed by atoms with van der Waals surface area (Å²) in [6.07, 6.45) is -11.9. The van der Waals surface area contributed by atoms with Crippen molar-refractivity contribution in [2.24, 2.45) is 16.7 Å². The van der Waals surface area contributed by atoms with Gasteiger partial charge in [0, 0.05) is 0 Å². The molecule has 0 aromatic rings. The van der Waals surface area contributed by atoms with Gasteiger partial charge in [-0.1, -0.05) is 13.8 Å². The monoisotopic (exact) mass is 264 g/mol. The van der Waals surface area contributed by atoms with Gasteiger partial charge in [0.15, 0.2) is 5.92 Å². The zero-order valence-electron chi connectivity index (χ0n) is 8.91. The van der Waals surface area contributed by atoms with Gasteiger partial charge in [0.25, 0.3) is 0 Å². The molecule has 1 atom stereocenters. The Morgan fingerprint density at radius 1 is 1.12 bits per heavy atom. The van der Waals surface area contributed by atoms with E-state index in [4.69, 9.17) is 5.11 Å². The minimum absolute atomic E-state index is 0.640. The number of carboxylic acids is 1. The standard InChI is InChI=1S/C9H10F6O2/c1-6(2)3-7(6,5(16)17)4(8(10,11)12)9(13,14)15/h4H,3H2,1-2H3,(H,16,17). The van der Waals surface area contributed by atoms with Crippen molar-refractivity contribution in [3.8, 4) is 0 Å². The molecule has 1 aliphatic carbocycles. The topological polar surface area (TPSA) is 37.3 Å². The molecule has 0 saturated heterocycles. The van der Waals surface area contributed by atoms with Crippen molar-refractivity contribution in [1.82, 2.24) is 0 Å². The van der Waals surface area contributed by atoms with Gasteiger partial charge in [0.2, 0.25) is 0 Å². The van der Waals surface area contributed by atoms with Gasteiger partial charge < -0.3 is 5.11 Å². The molecule has 2 nitrogen and oxygen atoms in total. The Morgan fingerprint density at radius 3 is 1.47 bits per heavy atom. The molecule has 0 aromatic heterocycles. The molecule has 100 valence electrons. The van der Waals surface area contributed by atoms with Crippen molar-refractivity contribution in [3.63, 3.8) is 0 Å². The SMILES string of the molecule is CC1(C)CC1(C(=O)O)C(C(F)(F)F)C(F)(F)F. The Labute approximate surface area is 92.6 Å². The minimum Gasteiger partial charge on any atom is -0.481 e. The van der Waals surface area contributed by atoms with Crippen LogP contribution in [0.25, 0.3) is 0 Å². The van der Waals surface area contributed by atoms with Crippen molar-refractivity contribution in [2.45, 2.75) is 32.6 Å². The lowest BCUT2D eigenvalue weighted by atomic mass is 9.81. The van der Waals surface area contributed by atoms with E-state index in [0.29, 0.717) is 0 Å². The van der Waals surface area contributed by atoms with E-state index in [1.54, 1.807) is 0 Å². The Bertz CT molecular complexity index is 328. The summed E-state index contributed by atoms with van der Waals surface area (Å²) in [4.78, 5) is 10.8. The number of rotatable bonds is 2. The van der Waals surface area contributed by atoms with Crippen LogP contribution in [0, 0.1) is 16.7 Å². The number of carboxylic acid groups (broad SMARTS) is 1. The molecular formula is C9H10F6O2. The first-order valence-electron chi connectivity index (χ1n) is 4.63. The molecule has 1 aliphatic rings. The highest BCUT2D eigenvalue weighted by atomic mass is 19.4. The number of hydrogen-bond donors (Lipinski definition) is 1. The van der Waals surface area contributed by atoms with Crippen LogP contribution in [0.2, 0.25) is 0 Å². The summed E-state index contributed by atoms with van der Waals surface area (Å²) in [6, 6.07) is 0. The summed E-state index contributed by atoms with van der Waals surface area (Å²) in [7, 11) is 0. The third-order valence-corrected chi connectivity index (χ3v) is 3.33. The van der Waals surface area contributed by atoms with Gasteiger partial charge in [-0.25, -0.2) is 0 Å². The zero-order chi connectivity index (χ0) is 13.9. The fourth-order valence-electron chi connectivity index (χ4n) is 2.38. The largest absolute Gasteiger partial charge is 0.481 e. The average Bonchev–Trinajstić information content (AvgIpc) is 2.47. The summed E-state index contributed by atoms with van der Waals surface area (Å²) in [5, 5.41) is 8.74. The summed E-state index contributed by atoms with van der Waals surface area (Å²) < 4.78 is 74.8. The third-order valence-electron chi connectivity index (χ3n) is 3.33. The fraction of sp³-hybridized carbons (Fsp3) is 0.889. The van der Waals surface area contributed by atoms with Crippen molar-refractivity contribution < 1.29 is 36.2 Å². The van der Waals surface area contributed by atoms with E-state index in [1.807, 2.05) is 0 Å². The lowest BCUT2D eigenvalue weighted by Gasteiger charge is -2.30. The van der Waals surface area contributed by atoms with Crippen LogP contribution in [0.15, 0.2) is 0 Å². The molecule has 0 aliphatic heterocycles. The normalized spacial score (nSPS) is 28.3. The quantitative estimate of drug-likeness (QED) is 0.777. The second kappa shape index (κ2) is 3.29. The first-order chi connectivity index (χ1) is 7.27. The molecule has 1 saturated carbocycles. The highest BCUT2D eigenvalue weighted by Crippen LogP contribution is 2.72. The van der Waals surface area contributed by atoms with E-state index in [0.717, 1.165) is 13.8 Å². The van der Waals surface area contributed by atoms with Crippen LogP contribution in [-0.4, -0.2) is 23.4 Å². The lowest BCUT2D eigenvalue weighted by molar-refractivity contribution is -0.305. The Hall–Kier alpha value is -0.950. The van der Waals surface area contributed by atoms with Crippen molar-refractivity contribution in [1.29, 1.82) is 0 Å². The summed E-state index contributed by atoms with van der Waals surface area (Å²) in [5.41, 5.74) is -4.32. The van der Waals surface area contributed by atoms with Crippen LogP contribution in [0.3, 0.4) is 0 Å². The number of carbonyl (C=O) groups is 1. The van der Waals surface area contributed by atoms with Gasteiger partial charge in [0.05, 0.1) is 5.41 Å². The molecule has 0 heterocycles. The maximum Gasteiger partial charge on any atom is 0.401 e. The van der Waals surface area contributed by atoms with Crippen molar-refractivity contribution in [2.75, 3.05) is 0 Å². The number of hydrogen-bond acceptors (Lipinski definition) is 1. The second-order valence-electron chi connectivity index (χ2n) is 4.85. The van der Waals surface area contributed by atoms with E-state index in [9.17, 15) is 31.1 Å². The second-order valence-corrected chi connectivity index (χ2v) is 4.85. The van der Waals surface area contributed by atoms with Crippen LogP contribution in [0.4, 0.5) is 26.3 Å². The molecule has 1 unspecified atom stereocenters.